The Morgan fingerprint density at radius 2 is 2.07 bits per heavy atom. The van der Waals surface area contributed by atoms with Crippen LogP contribution in [0.25, 0.3) is 10.2 Å². The minimum absolute atomic E-state index is 0.125. The molecule has 0 spiro atoms. The molecule has 0 radical (unpaired) electrons. The Labute approximate surface area is 183 Å². The highest BCUT2D eigenvalue weighted by Gasteiger charge is 2.20. The first-order valence-electron chi connectivity index (χ1n) is 9.88. The summed E-state index contributed by atoms with van der Waals surface area (Å²) in [5.41, 5.74) is 8.27. The molecule has 158 valence electrons. The van der Waals surface area contributed by atoms with Crippen LogP contribution in [0, 0.1) is 0 Å². The predicted octanol–water partition coefficient (Wildman–Crippen LogP) is 3.64. The van der Waals surface area contributed by atoms with Gasteiger partial charge in [0, 0.05) is 23.2 Å². The molecule has 9 heteroatoms. The Kier molecular flexibility index (Phi) is 6.40. The smallest absolute Gasteiger partial charge is 0.221 e. The summed E-state index contributed by atoms with van der Waals surface area (Å²) in [5.74, 6) is 1.44. The number of nitrogens with one attached hydrogen (secondary N) is 1. The number of ether oxygens (including phenoxy) is 1. The fraction of sp³-hybridized carbons (Fsp3) is 0.381. The molecule has 2 aromatic heterocycles. The molecule has 4 rings (SSSR count). The molecule has 2 heterocycles. The second-order valence-electron chi connectivity index (χ2n) is 7.26. The molecule has 1 unspecified atom stereocenters. The molecule has 0 bridgehead atoms. The lowest BCUT2D eigenvalue weighted by atomic mass is 9.97. The maximum atomic E-state index is 11.1. The zero-order chi connectivity index (χ0) is 21.1. The number of amides is 1. The van der Waals surface area contributed by atoms with Crippen LogP contribution in [0.2, 0.25) is 0 Å². The number of benzene rings is 1. The molecule has 1 amide bonds. The summed E-state index contributed by atoms with van der Waals surface area (Å²) in [5, 5.41) is 14.6. The van der Waals surface area contributed by atoms with Gasteiger partial charge >= 0.3 is 0 Å². The average molecular weight is 445 g/mol. The van der Waals surface area contributed by atoms with Gasteiger partial charge in [0.05, 0.1) is 11.5 Å². The van der Waals surface area contributed by atoms with E-state index < -0.39 is 6.10 Å². The van der Waals surface area contributed by atoms with Crippen LogP contribution in [-0.4, -0.2) is 39.4 Å². The average Bonchev–Trinajstić information content (AvgIpc) is 3.10. The standard InChI is InChI=1S/C21H24N4O3S2/c1-12(26)23-13-6-8-15(9-7-13)28-10-14(27)11-29-21-24-19(22)18-16-4-2-3-5-17(16)30-20(18)25-21/h6-9,14,27H,2-5,10-11H2,1H3,(H,23,26)(H2,22,24,25). The largest absolute Gasteiger partial charge is 0.491 e. The molecule has 1 atom stereocenters. The monoisotopic (exact) mass is 444 g/mol. The fourth-order valence-corrected chi connectivity index (χ4v) is 5.56. The zero-order valence-corrected chi connectivity index (χ0v) is 18.3. The van der Waals surface area contributed by atoms with E-state index in [4.69, 9.17) is 10.5 Å². The zero-order valence-electron chi connectivity index (χ0n) is 16.7. The lowest BCUT2D eigenvalue weighted by Crippen LogP contribution is -2.20. The van der Waals surface area contributed by atoms with E-state index in [0.717, 1.165) is 23.1 Å². The van der Waals surface area contributed by atoms with Crippen LogP contribution in [-0.2, 0) is 17.6 Å². The van der Waals surface area contributed by atoms with E-state index in [-0.39, 0.29) is 12.5 Å². The number of hydrogen-bond donors (Lipinski definition) is 3. The van der Waals surface area contributed by atoms with Crippen molar-refractivity contribution in [1.82, 2.24) is 9.97 Å². The fourth-order valence-electron chi connectivity index (χ4n) is 3.48. The second kappa shape index (κ2) is 9.20. The predicted molar refractivity (Wildman–Crippen MR) is 121 cm³/mol. The summed E-state index contributed by atoms with van der Waals surface area (Å²) < 4.78 is 5.63. The van der Waals surface area contributed by atoms with Crippen LogP contribution in [0.5, 0.6) is 5.75 Å². The topological polar surface area (TPSA) is 110 Å². The number of carbonyl (C=O) groups excluding carboxylic acids is 1. The Balaban J connectivity index is 1.33. The van der Waals surface area contributed by atoms with Gasteiger partial charge in [-0.25, -0.2) is 9.97 Å². The highest BCUT2D eigenvalue weighted by atomic mass is 32.2. The maximum absolute atomic E-state index is 11.1. The number of anilines is 2. The summed E-state index contributed by atoms with van der Waals surface area (Å²) >= 11 is 3.09. The highest BCUT2D eigenvalue weighted by molar-refractivity contribution is 7.99. The van der Waals surface area contributed by atoms with Crippen LogP contribution >= 0.6 is 23.1 Å². The number of aliphatic hydroxyl groups excluding tert-OH is 1. The number of nitrogens with zero attached hydrogens (tertiary/aromatic N) is 2. The first-order chi connectivity index (χ1) is 14.5. The second-order valence-corrected chi connectivity index (χ2v) is 9.33. The van der Waals surface area contributed by atoms with Crippen LogP contribution in [0.4, 0.5) is 11.5 Å². The van der Waals surface area contributed by atoms with E-state index in [1.807, 2.05) is 0 Å². The van der Waals surface area contributed by atoms with E-state index in [1.54, 1.807) is 35.6 Å². The number of nitrogens with two attached hydrogens (primary N) is 1. The molecular formula is C21H24N4O3S2. The first kappa shape index (κ1) is 20.9. The lowest BCUT2D eigenvalue weighted by molar-refractivity contribution is -0.114. The number of nitrogen functional groups attached to an aromatic ring is 1. The third-order valence-corrected chi connectivity index (χ3v) is 7.02. The van der Waals surface area contributed by atoms with Gasteiger partial charge in [-0.15, -0.1) is 11.3 Å². The molecule has 1 aromatic carbocycles. The van der Waals surface area contributed by atoms with E-state index >= 15 is 0 Å². The molecule has 7 nitrogen and oxygen atoms in total. The van der Waals surface area contributed by atoms with Crippen molar-refractivity contribution in [3.63, 3.8) is 0 Å². The number of carbonyl (C=O) groups is 1. The van der Waals surface area contributed by atoms with E-state index in [9.17, 15) is 9.90 Å². The number of aromatic nitrogens is 2. The van der Waals surface area contributed by atoms with Gasteiger partial charge in [-0.1, -0.05) is 11.8 Å². The number of aliphatic hydroxyl groups is 1. The van der Waals surface area contributed by atoms with Crippen LogP contribution in [0.1, 0.15) is 30.2 Å². The van der Waals surface area contributed by atoms with Crippen molar-refractivity contribution in [3.05, 3.63) is 34.7 Å². The van der Waals surface area contributed by atoms with E-state index in [2.05, 4.69) is 15.3 Å². The van der Waals surface area contributed by atoms with E-state index in [1.165, 1.54) is 42.0 Å². The van der Waals surface area contributed by atoms with Gasteiger partial charge in [-0.05, 0) is 55.5 Å². The highest BCUT2D eigenvalue weighted by Crippen LogP contribution is 2.38. The summed E-state index contributed by atoms with van der Waals surface area (Å²) in [6.07, 6.45) is 3.88. The van der Waals surface area contributed by atoms with Crippen molar-refractivity contribution in [1.29, 1.82) is 0 Å². The molecule has 1 aliphatic carbocycles. The number of thioether (sulfide) groups is 1. The van der Waals surface area contributed by atoms with Crippen molar-refractivity contribution in [2.24, 2.45) is 0 Å². The van der Waals surface area contributed by atoms with Gasteiger partial charge in [0.15, 0.2) is 5.16 Å². The molecule has 0 fully saturated rings. The molecule has 1 aliphatic rings. The van der Waals surface area contributed by atoms with Crippen LogP contribution in [0.15, 0.2) is 29.4 Å². The minimum Gasteiger partial charge on any atom is -0.491 e. The number of thiophene rings is 1. The molecular weight excluding hydrogens is 420 g/mol. The van der Waals surface area contributed by atoms with Crippen molar-refractivity contribution in [2.75, 3.05) is 23.4 Å². The van der Waals surface area contributed by atoms with Gasteiger partial charge in [-0.2, -0.15) is 0 Å². The summed E-state index contributed by atoms with van der Waals surface area (Å²) in [7, 11) is 0. The Morgan fingerprint density at radius 1 is 1.30 bits per heavy atom. The molecule has 0 aliphatic heterocycles. The van der Waals surface area contributed by atoms with E-state index in [0.29, 0.717) is 28.2 Å². The van der Waals surface area contributed by atoms with Crippen molar-refractivity contribution < 1.29 is 14.6 Å². The molecule has 0 saturated heterocycles. The van der Waals surface area contributed by atoms with Gasteiger partial charge in [0.1, 0.15) is 23.0 Å². The Bertz CT molecular complexity index is 1050. The normalized spacial score (nSPS) is 14.3. The quantitative estimate of drug-likeness (QED) is 0.377. The van der Waals surface area contributed by atoms with Crippen molar-refractivity contribution >= 4 is 50.7 Å². The SMILES string of the molecule is CC(=O)Nc1ccc(OCC(O)CSc2nc(N)c3c4c(sc3n2)CCCC4)cc1. The summed E-state index contributed by atoms with van der Waals surface area (Å²) in [4.78, 5) is 22.5. The third-order valence-electron chi connectivity index (χ3n) is 4.84. The number of rotatable bonds is 7. The summed E-state index contributed by atoms with van der Waals surface area (Å²) in [6, 6.07) is 7.01. The van der Waals surface area contributed by atoms with Gasteiger partial charge in [0.25, 0.3) is 0 Å². The summed E-state index contributed by atoms with van der Waals surface area (Å²) in [6.45, 7) is 1.61. The van der Waals surface area contributed by atoms with Crippen LogP contribution in [0.3, 0.4) is 0 Å². The number of fused-ring (bicyclic) bond motifs is 3. The van der Waals surface area contributed by atoms with Gasteiger partial charge in [-0.3, -0.25) is 4.79 Å². The van der Waals surface area contributed by atoms with Crippen LogP contribution < -0.4 is 15.8 Å². The minimum atomic E-state index is -0.679. The molecule has 3 aromatic rings. The number of hydrogen-bond acceptors (Lipinski definition) is 8. The Morgan fingerprint density at radius 3 is 2.83 bits per heavy atom. The number of aryl methyl sites for hydroxylation is 2. The van der Waals surface area contributed by atoms with Crippen molar-refractivity contribution in [3.8, 4) is 5.75 Å². The van der Waals surface area contributed by atoms with Gasteiger partial charge < -0.3 is 20.9 Å². The lowest BCUT2D eigenvalue weighted by Gasteiger charge is -2.12. The Hall–Kier alpha value is -2.36. The first-order valence-corrected chi connectivity index (χ1v) is 11.7. The molecule has 30 heavy (non-hydrogen) atoms. The third kappa shape index (κ3) is 4.85. The van der Waals surface area contributed by atoms with Crippen molar-refractivity contribution in [2.45, 2.75) is 43.9 Å². The molecule has 4 N–H and O–H groups in total. The molecule has 0 saturated carbocycles. The van der Waals surface area contributed by atoms with Gasteiger partial charge in [0.2, 0.25) is 5.91 Å². The maximum Gasteiger partial charge on any atom is 0.221 e.